The van der Waals surface area contributed by atoms with Crippen LogP contribution in [-0.4, -0.2) is 33.3 Å². The summed E-state index contributed by atoms with van der Waals surface area (Å²) in [5.41, 5.74) is 1.85. The van der Waals surface area contributed by atoms with E-state index < -0.39 is 11.5 Å². The Kier molecular flexibility index (Phi) is 6.23. The summed E-state index contributed by atoms with van der Waals surface area (Å²) in [6.07, 6.45) is 0. The minimum absolute atomic E-state index is 0.0186. The van der Waals surface area contributed by atoms with Crippen molar-refractivity contribution in [2.24, 2.45) is 5.16 Å². The molecule has 0 saturated carbocycles. The number of carbonyl (C=O) groups is 1. The lowest BCUT2D eigenvalue weighted by molar-refractivity contribution is -0.129. The molecule has 0 aliphatic heterocycles. The quantitative estimate of drug-likeness (QED) is 0.238. The van der Waals surface area contributed by atoms with Crippen molar-refractivity contribution >= 4 is 28.3 Å². The number of aromatic nitrogens is 2. The minimum atomic E-state index is -1.27. The van der Waals surface area contributed by atoms with Gasteiger partial charge in [-0.2, -0.15) is 9.36 Å². The number of oxime groups is 1. The van der Waals surface area contributed by atoms with Gasteiger partial charge >= 0.3 is 5.97 Å². The van der Waals surface area contributed by atoms with Gasteiger partial charge in [-0.25, -0.2) is 4.79 Å². The number of benzene rings is 3. The SMILES string of the molecule is CO/N=C(\C(=O)O)c1nsc(NC(c2ccccc2)(c2ccccc2)c2ccccc2)n1. The van der Waals surface area contributed by atoms with Crippen molar-refractivity contribution < 1.29 is 14.7 Å². The molecule has 0 radical (unpaired) electrons. The van der Waals surface area contributed by atoms with Gasteiger partial charge < -0.3 is 15.3 Å². The van der Waals surface area contributed by atoms with E-state index in [2.05, 4.69) is 24.7 Å². The van der Waals surface area contributed by atoms with Crippen molar-refractivity contribution in [1.82, 2.24) is 9.36 Å². The van der Waals surface area contributed by atoms with Gasteiger partial charge in [0.15, 0.2) is 0 Å². The average Bonchev–Trinajstić information content (AvgIpc) is 3.30. The maximum atomic E-state index is 11.5. The first-order valence-electron chi connectivity index (χ1n) is 9.78. The first-order valence-corrected chi connectivity index (χ1v) is 10.6. The van der Waals surface area contributed by atoms with Gasteiger partial charge in [0.2, 0.25) is 16.7 Å². The predicted octanol–water partition coefficient (Wildman–Crippen LogP) is 4.38. The Morgan fingerprint density at radius 1 is 0.906 bits per heavy atom. The van der Waals surface area contributed by atoms with Crippen LogP contribution in [-0.2, 0) is 15.2 Å². The van der Waals surface area contributed by atoms with E-state index in [0.717, 1.165) is 28.2 Å². The molecular formula is C24H20N4O3S. The van der Waals surface area contributed by atoms with Crippen molar-refractivity contribution in [2.45, 2.75) is 5.54 Å². The summed E-state index contributed by atoms with van der Waals surface area (Å²) in [5.74, 6) is -1.29. The van der Waals surface area contributed by atoms with E-state index in [1.54, 1.807) is 0 Å². The average molecular weight is 445 g/mol. The van der Waals surface area contributed by atoms with Gasteiger partial charge in [0.05, 0.1) is 0 Å². The number of carboxylic acids is 1. The van der Waals surface area contributed by atoms with Crippen LogP contribution < -0.4 is 5.32 Å². The Labute approximate surface area is 189 Å². The lowest BCUT2D eigenvalue weighted by Crippen LogP contribution is -2.38. The molecule has 3 aromatic carbocycles. The third-order valence-corrected chi connectivity index (χ3v) is 5.57. The van der Waals surface area contributed by atoms with E-state index >= 15 is 0 Å². The molecule has 1 aromatic heterocycles. The molecule has 7 nitrogen and oxygen atoms in total. The summed E-state index contributed by atoms with van der Waals surface area (Å²) in [6.45, 7) is 0. The monoisotopic (exact) mass is 444 g/mol. The third-order valence-electron chi connectivity index (χ3n) is 4.94. The van der Waals surface area contributed by atoms with E-state index in [4.69, 9.17) is 0 Å². The molecule has 1 heterocycles. The normalized spacial score (nSPS) is 11.7. The second-order valence-electron chi connectivity index (χ2n) is 6.82. The lowest BCUT2D eigenvalue weighted by Gasteiger charge is -2.36. The number of anilines is 1. The van der Waals surface area contributed by atoms with Crippen LogP contribution in [0.15, 0.2) is 96.2 Å². The van der Waals surface area contributed by atoms with Crippen molar-refractivity contribution in [3.63, 3.8) is 0 Å². The summed E-state index contributed by atoms with van der Waals surface area (Å²) in [4.78, 5) is 20.6. The highest BCUT2D eigenvalue weighted by Crippen LogP contribution is 2.40. The predicted molar refractivity (Wildman–Crippen MR) is 124 cm³/mol. The van der Waals surface area contributed by atoms with Crippen LogP contribution in [0.25, 0.3) is 0 Å². The van der Waals surface area contributed by atoms with E-state index in [1.165, 1.54) is 7.11 Å². The van der Waals surface area contributed by atoms with Crippen LogP contribution >= 0.6 is 11.5 Å². The summed E-state index contributed by atoms with van der Waals surface area (Å²) in [7, 11) is 1.28. The molecule has 2 N–H and O–H groups in total. The fourth-order valence-electron chi connectivity index (χ4n) is 3.58. The Morgan fingerprint density at radius 2 is 1.38 bits per heavy atom. The maximum Gasteiger partial charge on any atom is 0.362 e. The highest BCUT2D eigenvalue weighted by molar-refractivity contribution is 7.09. The fourth-order valence-corrected chi connectivity index (χ4v) is 4.20. The molecule has 4 aromatic rings. The van der Waals surface area contributed by atoms with E-state index in [0.29, 0.717) is 5.13 Å². The maximum absolute atomic E-state index is 11.5. The van der Waals surface area contributed by atoms with Crippen LogP contribution in [0, 0.1) is 0 Å². The molecule has 4 rings (SSSR count). The number of hydrogen-bond donors (Lipinski definition) is 2. The second kappa shape index (κ2) is 9.40. The molecule has 8 heteroatoms. The van der Waals surface area contributed by atoms with Crippen LogP contribution in [0.3, 0.4) is 0 Å². The van der Waals surface area contributed by atoms with Crippen molar-refractivity contribution in [2.75, 3.05) is 12.4 Å². The fraction of sp³-hybridized carbons (Fsp3) is 0.0833. The summed E-state index contributed by atoms with van der Waals surface area (Å²) in [6, 6.07) is 30.1. The third kappa shape index (κ3) is 4.08. The molecule has 0 unspecified atom stereocenters. The molecular weight excluding hydrogens is 424 g/mol. The molecule has 0 spiro atoms. The van der Waals surface area contributed by atoms with E-state index in [-0.39, 0.29) is 11.5 Å². The van der Waals surface area contributed by atoms with Gasteiger partial charge in [-0.15, -0.1) is 0 Å². The van der Waals surface area contributed by atoms with Gasteiger partial charge in [-0.1, -0.05) is 96.2 Å². The Balaban J connectivity index is 1.90. The topological polar surface area (TPSA) is 96.7 Å². The zero-order valence-electron chi connectivity index (χ0n) is 17.2. The van der Waals surface area contributed by atoms with Crippen molar-refractivity contribution in [1.29, 1.82) is 0 Å². The second-order valence-corrected chi connectivity index (χ2v) is 7.58. The highest BCUT2D eigenvalue weighted by atomic mass is 32.1. The Morgan fingerprint density at radius 3 is 1.78 bits per heavy atom. The standard InChI is InChI=1S/C24H20N4O3S/c1-31-27-20(22(29)30)21-25-23(32-28-21)26-24(17-11-5-2-6-12-17,18-13-7-3-8-14-18)19-15-9-4-10-16-19/h2-16H,1H3,(H,29,30)(H,25,26,28)/b27-20-. The first kappa shape index (κ1) is 21.2. The molecule has 160 valence electrons. The number of nitrogens with one attached hydrogen (secondary N) is 1. The van der Waals surface area contributed by atoms with Crippen LogP contribution in [0.2, 0.25) is 0 Å². The number of aliphatic carboxylic acids is 1. The van der Waals surface area contributed by atoms with Gasteiger partial charge in [0.25, 0.3) is 0 Å². The molecule has 0 aliphatic rings. The first-order chi connectivity index (χ1) is 15.6. The van der Waals surface area contributed by atoms with Crippen molar-refractivity contribution in [3.8, 4) is 0 Å². The van der Waals surface area contributed by atoms with Gasteiger partial charge in [0.1, 0.15) is 12.6 Å². The Hall–Kier alpha value is -4.04. The van der Waals surface area contributed by atoms with Crippen LogP contribution in [0.1, 0.15) is 22.5 Å². The molecule has 0 saturated heterocycles. The minimum Gasteiger partial charge on any atom is -0.476 e. The van der Waals surface area contributed by atoms with Crippen molar-refractivity contribution in [3.05, 3.63) is 114 Å². The number of rotatable bonds is 8. The highest BCUT2D eigenvalue weighted by Gasteiger charge is 2.37. The molecule has 32 heavy (non-hydrogen) atoms. The molecule has 0 fully saturated rings. The molecule has 0 aliphatic carbocycles. The van der Waals surface area contributed by atoms with Gasteiger partial charge in [-0.3, -0.25) is 0 Å². The zero-order valence-corrected chi connectivity index (χ0v) is 18.0. The number of nitrogens with zero attached hydrogens (tertiary/aromatic N) is 3. The number of carboxylic acid groups (broad SMARTS) is 1. The van der Waals surface area contributed by atoms with Gasteiger partial charge in [-0.05, 0) is 16.7 Å². The largest absolute Gasteiger partial charge is 0.476 e. The summed E-state index contributed by atoms with van der Waals surface area (Å²) >= 11 is 1.06. The van der Waals surface area contributed by atoms with Crippen LogP contribution in [0.5, 0.6) is 0 Å². The Bertz CT molecular complexity index is 1120. The lowest BCUT2D eigenvalue weighted by atomic mass is 9.77. The molecule has 0 bridgehead atoms. The summed E-state index contributed by atoms with van der Waals surface area (Å²) < 4.78 is 4.20. The molecule has 0 amide bonds. The van der Waals surface area contributed by atoms with E-state index in [1.807, 2.05) is 91.0 Å². The number of hydrogen-bond acceptors (Lipinski definition) is 7. The molecule has 0 atom stereocenters. The van der Waals surface area contributed by atoms with E-state index in [9.17, 15) is 9.90 Å². The smallest absolute Gasteiger partial charge is 0.362 e. The van der Waals surface area contributed by atoms with Crippen LogP contribution in [0.4, 0.5) is 5.13 Å². The summed E-state index contributed by atoms with van der Waals surface area (Å²) in [5, 5.41) is 17.0. The van der Waals surface area contributed by atoms with Gasteiger partial charge in [0, 0.05) is 11.5 Å². The zero-order chi connectivity index (χ0) is 22.4.